The molecular weight excluding hydrogens is 238 g/mol. The predicted octanol–water partition coefficient (Wildman–Crippen LogP) is -0.00292. The molecule has 0 aromatic carbocycles. The average molecular weight is 259 g/mol. The lowest BCUT2D eigenvalue weighted by Gasteiger charge is -2.18. The van der Waals surface area contributed by atoms with Gasteiger partial charge in [-0.1, -0.05) is 0 Å². The molecule has 0 saturated heterocycles. The minimum absolute atomic E-state index is 0.108. The maximum atomic E-state index is 11.0. The Bertz CT molecular complexity index is 371. The second-order valence-corrected chi connectivity index (χ2v) is 7.10. The lowest BCUT2D eigenvalue weighted by atomic mass is 10.2. The Morgan fingerprint density at radius 2 is 2.12 bits per heavy atom. The maximum absolute atomic E-state index is 11.0. The van der Waals surface area contributed by atoms with Crippen LogP contribution in [0.4, 0.5) is 0 Å². The highest BCUT2D eigenvalue weighted by atomic mass is 32.2. The van der Waals surface area contributed by atoms with Crippen molar-refractivity contribution in [2.45, 2.75) is 31.3 Å². The van der Waals surface area contributed by atoms with Gasteiger partial charge in [-0.05, 0) is 26.3 Å². The summed E-state index contributed by atoms with van der Waals surface area (Å²) in [6, 6.07) is 2.67. The van der Waals surface area contributed by atoms with E-state index in [9.17, 15) is 8.42 Å². The minimum atomic E-state index is -2.89. The van der Waals surface area contributed by atoms with Crippen LogP contribution in [-0.2, 0) is 9.84 Å². The van der Waals surface area contributed by atoms with Crippen LogP contribution in [0.5, 0.6) is 0 Å². The Hall–Kier alpha value is -0.640. The van der Waals surface area contributed by atoms with Crippen LogP contribution >= 0.6 is 0 Å². The van der Waals surface area contributed by atoms with E-state index in [4.69, 9.17) is 5.26 Å². The van der Waals surface area contributed by atoms with Crippen molar-refractivity contribution in [3.8, 4) is 6.07 Å². The average Bonchev–Trinajstić information content (AvgIpc) is 3.04. The summed E-state index contributed by atoms with van der Waals surface area (Å²) in [5, 5.41) is 12.2. The molecular formula is C11H21N3O2S. The van der Waals surface area contributed by atoms with Crippen LogP contribution in [0.1, 0.15) is 19.3 Å². The molecule has 1 aliphatic rings. The molecule has 17 heavy (non-hydrogen) atoms. The monoisotopic (exact) mass is 259 g/mol. The molecule has 1 saturated carbocycles. The predicted molar refractivity (Wildman–Crippen MR) is 67.4 cm³/mol. The molecule has 0 amide bonds. The van der Waals surface area contributed by atoms with Gasteiger partial charge in [-0.2, -0.15) is 5.26 Å². The normalized spacial score (nSPS) is 18.0. The number of sulfone groups is 1. The molecule has 98 valence electrons. The van der Waals surface area contributed by atoms with E-state index in [0.717, 1.165) is 13.0 Å². The molecule has 0 aromatic rings. The number of nitriles is 1. The molecule has 0 aliphatic heterocycles. The van der Waals surface area contributed by atoms with Crippen molar-refractivity contribution >= 4 is 9.84 Å². The summed E-state index contributed by atoms with van der Waals surface area (Å²) in [5.41, 5.74) is 0. The number of nitrogens with zero attached hydrogens (tertiary/aromatic N) is 2. The van der Waals surface area contributed by atoms with Gasteiger partial charge in [0.1, 0.15) is 9.84 Å². The van der Waals surface area contributed by atoms with Gasteiger partial charge in [0.05, 0.1) is 17.9 Å². The van der Waals surface area contributed by atoms with Gasteiger partial charge in [-0.15, -0.1) is 0 Å². The molecule has 0 radical (unpaired) electrons. The van der Waals surface area contributed by atoms with E-state index >= 15 is 0 Å². The second-order valence-electron chi connectivity index (χ2n) is 4.84. The van der Waals surface area contributed by atoms with E-state index in [1.54, 1.807) is 0 Å². The Morgan fingerprint density at radius 1 is 1.47 bits per heavy atom. The molecule has 0 spiro atoms. The lowest BCUT2D eigenvalue weighted by molar-refractivity contribution is 0.333. The molecule has 5 nitrogen and oxygen atoms in total. The third-order valence-corrected chi connectivity index (χ3v) is 3.74. The van der Waals surface area contributed by atoms with Crippen LogP contribution < -0.4 is 5.32 Å². The fraction of sp³-hybridized carbons (Fsp3) is 0.909. The molecule has 0 bridgehead atoms. The summed E-state index contributed by atoms with van der Waals surface area (Å²) in [4.78, 5) is 1.96. The molecule has 6 heteroatoms. The van der Waals surface area contributed by atoms with Crippen molar-refractivity contribution in [1.29, 1.82) is 5.26 Å². The topological polar surface area (TPSA) is 73.2 Å². The van der Waals surface area contributed by atoms with Gasteiger partial charge in [-0.25, -0.2) is 8.42 Å². The van der Waals surface area contributed by atoms with Crippen LogP contribution in [0.2, 0.25) is 0 Å². The van der Waals surface area contributed by atoms with Gasteiger partial charge < -0.3 is 4.90 Å². The van der Waals surface area contributed by atoms with Crippen molar-refractivity contribution in [2.75, 3.05) is 32.1 Å². The quantitative estimate of drug-likeness (QED) is 0.664. The van der Waals surface area contributed by atoms with Gasteiger partial charge in [-0.3, -0.25) is 5.32 Å². The highest BCUT2D eigenvalue weighted by molar-refractivity contribution is 7.90. The van der Waals surface area contributed by atoms with Crippen molar-refractivity contribution in [2.24, 2.45) is 0 Å². The summed E-state index contributed by atoms with van der Waals surface area (Å²) in [6.45, 7) is 1.27. The third kappa shape index (κ3) is 7.31. The van der Waals surface area contributed by atoms with Gasteiger partial charge >= 0.3 is 0 Å². The van der Waals surface area contributed by atoms with Crippen LogP contribution in [0, 0.1) is 11.3 Å². The molecule has 1 fully saturated rings. The number of hydrogen-bond acceptors (Lipinski definition) is 5. The van der Waals surface area contributed by atoms with E-state index in [2.05, 4.69) is 11.4 Å². The molecule has 1 aliphatic carbocycles. The molecule has 1 N–H and O–H groups in total. The summed E-state index contributed by atoms with van der Waals surface area (Å²) in [5.74, 6) is 0.177. The standard InChI is InChI=1S/C11H21N3O2S/c1-14(7-8-17(2,15)16)6-5-11(9-12)13-10-3-4-10/h10-11,13H,3-8H2,1-2H3. The summed E-state index contributed by atoms with van der Waals surface area (Å²) >= 11 is 0. The molecule has 0 aromatic heterocycles. The highest BCUT2D eigenvalue weighted by Crippen LogP contribution is 2.19. The lowest BCUT2D eigenvalue weighted by Crippen LogP contribution is -2.34. The zero-order valence-electron chi connectivity index (χ0n) is 10.5. The van der Waals surface area contributed by atoms with Gasteiger partial charge in [0.25, 0.3) is 0 Å². The zero-order valence-corrected chi connectivity index (χ0v) is 11.3. The molecule has 1 rings (SSSR count). The third-order valence-electron chi connectivity index (χ3n) is 2.81. The van der Waals surface area contributed by atoms with Gasteiger partial charge in [0.2, 0.25) is 0 Å². The van der Waals surface area contributed by atoms with E-state index in [0.29, 0.717) is 12.6 Å². The van der Waals surface area contributed by atoms with E-state index in [1.807, 2.05) is 11.9 Å². The fourth-order valence-corrected chi connectivity index (χ4v) is 2.15. The zero-order chi connectivity index (χ0) is 12.9. The van der Waals surface area contributed by atoms with Crippen molar-refractivity contribution < 1.29 is 8.42 Å². The first kappa shape index (κ1) is 14.4. The van der Waals surface area contributed by atoms with Crippen LogP contribution in [0.25, 0.3) is 0 Å². The Morgan fingerprint density at radius 3 is 2.59 bits per heavy atom. The Kier molecular flexibility index (Phi) is 5.37. The van der Waals surface area contributed by atoms with Crippen LogP contribution in [0.3, 0.4) is 0 Å². The first-order chi connectivity index (χ1) is 7.90. The Balaban J connectivity index is 2.17. The van der Waals surface area contributed by atoms with Crippen molar-refractivity contribution in [3.05, 3.63) is 0 Å². The van der Waals surface area contributed by atoms with E-state index in [-0.39, 0.29) is 11.8 Å². The van der Waals surface area contributed by atoms with E-state index in [1.165, 1.54) is 19.1 Å². The second kappa shape index (κ2) is 6.34. The van der Waals surface area contributed by atoms with E-state index < -0.39 is 9.84 Å². The number of hydrogen-bond donors (Lipinski definition) is 1. The first-order valence-corrected chi connectivity index (χ1v) is 7.98. The van der Waals surface area contributed by atoms with Crippen molar-refractivity contribution in [1.82, 2.24) is 10.2 Å². The smallest absolute Gasteiger partial charge is 0.148 e. The van der Waals surface area contributed by atoms with Crippen LogP contribution in [-0.4, -0.2) is 57.5 Å². The first-order valence-electron chi connectivity index (χ1n) is 5.92. The van der Waals surface area contributed by atoms with Crippen molar-refractivity contribution in [3.63, 3.8) is 0 Å². The van der Waals surface area contributed by atoms with Gasteiger partial charge in [0.15, 0.2) is 0 Å². The molecule has 1 unspecified atom stereocenters. The van der Waals surface area contributed by atoms with Crippen LogP contribution in [0.15, 0.2) is 0 Å². The highest BCUT2D eigenvalue weighted by Gasteiger charge is 2.24. The number of nitrogens with one attached hydrogen (secondary N) is 1. The summed E-state index contributed by atoms with van der Waals surface area (Å²) in [6.07, 6.45) is 4.32. The Labute approximate surface area is 104 Å². The molecule has 0 heterocycles. The summed E-state index contributed by atoms with van der Waals surface area (Å²) in [7, 11) is -1.01. The molecule has 1 atom stereocenters. The van der Waals surface area contributed by atoms with Gasteiger partial charge in [0, 0.05) is 25.4 Å². The number of rotatable bonds is 8. The minimum Gasteiger partial charge on any atom is -0.305 e. The largest absolute Gasteiger partial charge is 0.305 e. The maximum Gasteiger partial charge on any atom is 0.148 e. The summed E-state index contributed by atoms with van der Waals surface area (Å²) < 4.78 is 22.0. The fourth-order valence-electron chi connectivity index (χ4n) is 1.50. The SMILES string of the molecule is CN(CCC(C#N)NC1CC1)CCS(C)(=O)=O.